The van der Waals surface area contributed by atoms with Gasteiger partial charge in [0.15, 0.2) is 0 Å². The average Bonchev–Trinajstić information content (AvgIpc) is 2.87. The molecule has 3 rings (SSSR count). The summed E-state index contributed by atoms with van der Waals surface area (Å²) >= 11 is 0. The van der Waals surface area contributed by atoms with Gasteiger partial charge in [-0.2, -0.15) is 0 Å². The Kier molecular flexibility index (Phi) is 3.60. The molecule has 0 aliphatic carbocycles. The summed E-state index contributed by atoms with van der Waals surface area (Å²) in [6.45, 7) is 2.51. The molecule has 0 aliphatic rings. The Labute approximate surface area is 127 Å². The van der Waals surface area contributed by atoms with E-state index in [-0.39, 0.29) is 5.69 Å². The highest BCUT2D eigenvalue weighted by molar-refractivity contribution is 5.69. The number of nitrogens with two attached hydrogens (primary N) is 1. The molecular weight excluding hydrogens is 280 g/mol. The highest BCUT2D eigenvalue weighted by Gasteiger charge is 2.16. The molecule has 0 atom stereocenters. The number of aryl methyl sites for hydroxylation is 1. The van der Waals surface area contributed by atoms with Crippen LogP contribution in [0.15, 0.2) is 42.5 Å². The molecule has 3 aromatic rings. The normalized spacial score (nSPS) is 11.0. The molecule has 0 saturated heterocycles. The summed E-state index contributed by atoms with van der Waals surface area (Å²) in [5.41, 5.74) is 10.4. The van der Waals surface area contributed by atoms with Gasteiger partial charge in [-0.25, -0.2) is 4.98 Å². The van der Waals surface area contributed by atoms with Gasteiger partial charge in [0.05, 0.1) is 16.3 Å². The van der Waals surface area contributed by atoms with Crippen LogP contribution < -0.4 is 5.73 Å². The van der Waals surface area contributed by atoms with E-state index < -0.39 is 4.92 Å². The molecule has 0 saturated carbocycles. The van der Waals surface area contributed by atoms with Crippen molar-refractivity contribution in [3.8, 4) is 11.3 Å². The van der Waals surface area contributed by atoms with E-state index in [1.54, 1.807) is 12.1 Å². The Balaban J connectivity index is 2.23. The van der Waals surface area contributed by atoms with Gasteiger partial charge >= 0.3 is 0 Å². The summed E-state index contributed by atoms with van der Waals surface area (Å²) in [6, 6.07) is 12.5. The molecule has 6 heteroatoms. The largest absolute Gasteiger partial charge is 0.330 e. The van der Waals surface area contributed by atoms with E-state index in [9.17, 15) is 10.1 Å². The van der Waals surface area contributed by atoms with Gasteiger partial charge in [0.1, 0.15) is 5.65 Å². The van der Waals surface area contributed by atoms with Gasteiger partial charge in [-0.3, -0.25) is 14.5 Å². The van der Waals surface area contributed by atoms with Crippen molar-refractivity contribution in [2.24, 2.45) is 5.73 Å². The van der Waals surface area contributed by atoms with E-state index in [4.69, 9.17) is 5.73 Å². The molecule has 6 nitrogen and oxygen atoms in total. The lowest BCUT2D eigenvalue weighted by Crippen LogP contribution is -2.04. The minimum Gasteiger partial charge on any atom is -0.330 e. The molecule has 0 fully saturated rings. The van der Waals surface area contributed by atoms with Crippen LogP contribution in [0, 0.1) is 17.0 Å². The van der Waals surface area contributed by atoms with Gasteiger partial charge in [0.2, 0.25) is 0 Å². The first-order valence-electron chi connectivity index (χ1n) is 7.03. The lowest BCUT2D eigenvalue weighted by Gasteiger charge is -2.07. The molecule has 0 radical (unpaired) electrons. The van der Waals surface area contributed by atoms with Crippen molar-refractivity contribution < 1.29 is 4.92 Å². The molecule has 2 aromatic heterocycles. The molecule has 112 valence electrons. The van der Waals surface area contributed by atoms with Gasteiger partial charge in [0.25, 0.3) is 5.69 Å². The highest BCUT2D eigenvalue weighted by Crippen LogP contribution is 2.28. The van der Waals surface area contributed by atoms with E-state index in [2.05, 4.69) is 9.38 Å². The second-order valence-electron chi connectivity index (χ2n) is 5.11. The van der Waals surface area contributed by atoms with Crippen LogP contribution in [0.3, 0.4) is 0 Å². The third kappa shape index (κ3) is 2.33. The van der Waals surface area contributed by atoms with Gasteiger partial charge in [-0.1, -0.05) is 6.07 Å². The SMILES string of the molecule is Cc1cccc2nc(CCN)c(-c3ccc([N+](=O)[O-])cc3)n12. The first-order valence-corrected chi connectivity index (χ1v) is 7.03. The predicted octanol–water partition coefficient (Wildman–Crippen LogP) is 2.72. The highest BCUT2D eigenvalue weighted by atomic mass is 16.6. The standard InChI is InChI=1S/C16H16N4O2/c1-11-3-2-4-15-18-14(9-10-17)16(19(11)15)12-5-7-13(8-6-12)20(21)22/h2-8H,9-10,17H2,1H3. The van der Waals surface area contributed by atoms with Crippen LogP contribution in [0.2, 0.25) is 0 Å². The third-order valence-corrected chi connectivity index (χ3v) is 3.64. The fourth-order valence-corrected chi connectivity index (χ4v) is 2.65. The van der Waals surface area contributed by atoms with Crippen LogP contribution in [0.5, 0.6) is 0 Å². The number of nitrogens with zero attached hydrogens (tertiary/aromatic N) is 3. The molecule has 0 bridgehead atoms. The fraction of sp³-hybridized carbons (Fsp3) is 0.188. The molecule has 1 aromatic carbocycles. The van der Waals surface area contributed by atoms with Crippen molar-refractivity contribution in [1.29, 1.82) is 0 Å². The second kappa shape index (κ2) is 5.57. The lowest BCUT2D eigenvalue weighted by molar-refractivity contribution is -0.384. The number of hydrogen-bond acceptors (Lipinski definition) is 4. The summed E-state index contributed by atoms with van der Waals surface area (Å²) in [5.74, 6) is 0. The van der Waals surface area contributed by atoms with Crippen LogP contribution in [-0.4, -0.2) is 20.9 Å². The number of fused-ring (bicyclic) bond motifs is 1. The van der Waals surface area contributed by atoms with Gasteiger partial charge in [-0.15, -0.1) is 0 Å². The molecule has 0 amide bonds. The monoisotopic (exact) mass is 296 g/mol. The maximum absolute atomic E-state index is 10.8. The van der Waals surface area contributed by atoms with Crippen molar-refractivity contribution in [1.82, 2.24) is 9.38 Å². The zero-order valence-corrected chi connectivity index (χ0v) is 12.2. The van der Waals surface area contributed by atoms with Crippen LogP contribution in [0.1, 0.15) is 11.4 Å². The number of nitro groups is 1. The fourth-order valence-electron chi connectivity index (χ4n) is 2.65. The van der Waals surface area contributed by atoms with Crippen molar-refractivity contribution in [2.75, 3.05) is 6.54 Å². The quantitative estimate of drug-likeness (QED) is 0.592. The smallest absolute Gasteiger partial charge is 0.269 e. The Hall–Kier alpha value is -2.73. The summed E-state index contributed by atoms with van der Waals surface area (Å²) in [6.07, 6.45) is 0.660. The van der Waals surface area contributed by atoms with Crippen LogP contribution in [0.4, 0.5) is 5.69 Å². The molecule has 0 spiro atoms. The van der Waals surface area contributed by atoms with Crippen molar-refractivity contribution >= 4 is 11.3 Å². The maximum atomic E-state index is 10.8. The molecule has 22 heavy (non-hydrogen) atoms. The third-order valence-electron chi connectivity index (χ3n) is 3.64. The zero-order valence-electron chi connectivity index (χ0n) is 12.2. The molecular formula is C16H16N4O2. The van der Waals surface area contributed by atoms with Crippen LogP contribution in [0.25, 0.3) is 16.9 Å². The lowest BCUT2D eigenvalue weighted by atomic mass is 10.1. The number of aromatic nitrogens is 2. The molecule has 0 aliphatic heterocycles. The van der Waals surface area contributed by atoms with Crippen LogP contribution >= 0.6 is 0 Å². The van der Waals surface area contributed by atoms with E-state index >= 15 is 0 Å². The van der Waals surface area contributed by atoms with Crippen molar-refractivity contribution in [3.63, 3.8) is 0 Å². The minimum absolute atomic E-state index is 0.0784. The van der Waals surface area contributed by atoms with Crippen molar-refractivity contribution in [2.45, 2.75) is 13.3 Å². The molecule has 0 unspecified atom stereocenters. The number of imidazole rings is 1. The number of benzene rings is 1. The molecule has 2 N–H and O–H groups in total. The molecule has 2 heterocycles. The number of rotatable bonds is 4. The number of pyridine rings is 1. The summed E-state index contributed by atoms with van der Waals surface area (Å²) in [5, 5.41) is 10.8. The first-order chi connectivity index (χ1) is 10.6. The average molecular weight is 296 g/mol. The summed E-state index contributed by atoms with van der Waals surface area (Å²) in [4.78, 5) is 15.1. The van der Waals surface area contributed by atoms with E-state index in [1.165, 1.54) is 12.1 Å². The maximum Gasteiger partial charge on any atom is 0.269 e. The van der Waals surface area contributed by atoms with E-state index in [1.807, 2.05) is 25.1 Å². The Bertz CT molecular complexity index is 837. The van der Waals surface area contributed by atoms with Crippen molar-refractivity contribution in [3.05, 3.63) is 64.0 Å². The topological polar surface area (TPSA) is 86.5 Å². The predicted molar refractivity (Wildman–Crippen MR) is 84.8 cm³/mol. The van der Waals surface area contributed by atoms with E-state index in [0.29, 0.717) is 13.0 Å². The first kappa shape index (κ1) is 14.2. The van der Waals surface area contributed by atoms with E-state index in [0.717, 1.165) is 28.3 Å². The minimum atomic E-state index is -0.398. The summed E-state index contributed by atoms with van der Waals surface area (Å²) in [7, 11) is 0. The Morgan fingerprint density at radius 1 is 1.23 bits per heavy atom. The summed E-state index contributed by atoms with van der Waals surface area (Å²) < 4.78 is 2.06. The van der Waals surface area contributed by atoms with Gasteiger partial charge < -0.3 is 5.73 Å². The number of hydrogen-bond donors (Lipinski definition) is 1. The van der Waals surface area contributed by atoms with Gasteiger partial charge in [0, 0.05) is 29.8 Å². The number of non-ortho nitro benzene ring substituents is 1. The Morgan fingerprint density at radius 2 is 1.95 bits per heavy atom. The Morgan fingerprint density at radius 3 is 2.59 bits per heavy atom. The second-order valence-corrected chi connectivity index (χ2v) is 5.11. The van der Waals surface area contributed by atoms with Crippen LogP contribution in [-0.2, 0) is 6.42 Å². The van der Waals surface area contributed by atoms with Gasteiger partial charge in [-0.05, 0) is 37.7 Å². The zero-order chi connectivity index (χ0) is 15.7. The number of nitro benzene ring substituents is 1.